The fraction of sp³-hybridized carbons (Fsp3) is 0.190. The van der Waals surface area contributed by atoms with Crippen molar-refractivity contribution in [3.63, 3.8) is 0 Å². The van der Waals surface area contributed by atoms with Crippen LogP contribution in [0.25, 0.3) is 10.9 Å². The van der Waals surface area contributed by atoms with Crippen molar-refractivity contribution in [2.24, 2.45) is 5.73 Å². The highest BCUT2D eigenvalue weighted by molar-refractivity contribution is 6.06. The van der Waals surface area contributed by atoms with E-state index in [4.69, 9.17) is 10.5 Å². The van der Waals surface area contributed by atoms with Crippen molar-refractivity contribution in [2.45, 2.75) is 20.3 Å². The Hall–Kier alpha value is -3.41. The molecule has 0 aliphatic carbocycles. The van der Waals surface area contributed by atoms with E-state index in [1.807, 2.05) is 38.1 Å². The zero-order chi connectivity index (χ0) is 19.4. The lowest BCUT2D eigenvalue weighted by Gasteiger charge is -2.10. The quantitative estimate of drug-likeness (QED) is 0.702. The molecule has 3 N–H and O–H groups in total. The van der Waals surface area contributed by atoms with E-state index in [1.165, 1.54) is 0 Å². The van der Waals surface area contributed by atoms with Gasteiger partial charge >= 0.3 is 0 Å². The van der Waals surface area contributed by atoms with Crippen LogP contribution in [0.1, 0.15) is 28.0 Å². The second-order valence-electron chi connectivity index (χ2n) is 6.36. The topological polar surface area (TPSA) is 94.3 Å². The van der Waals surface area contributed by atoms with Gasteiger partial charge in [-0.1, -0.05) is 11.6 Å². The van der Waals surface area contributed by atoms with Gasteiger partial charge in [0.15, 0.2) is 0 Å². The van der Waals surface area contributed by atoms with Crippen molar-refractivity contribution in [3.05, 3.63) is 65.4 Å². The monoisotopic (exact) mass is 363 g/mol. The van der Waals surface area contributed by atoms with Crippen LogP contribution in [0.3, 0.4) is 0 Å². The number of primary amides is 1. The molecule has 0 fully saturated rings. The summed E-state index contributed by atoms with van der Waals surface area (Å²) in [5, 5.41) is 3.81. The zero-order valence-electron chi connectivity index (χ0n) is 15.3. The predicted molar refractivity (Wildman–Crippen MR) is 105 cm³/mol. The molecule has 2 aromatic carbocycles. The van der Waals surface area contributed by atoms with Gasteiger partial charge in [0.05, 0.1) is 29.8 Å². The van der Waals surface area contributed by atoms with Crippen LogP contribution in [0.15, 0.2) is 48.5 Å². The van der Waals surface area contributed by atoms with E-state index in [0.717, 1.165) is 16.5 Å². The van der Waals surface area contributed by atoms with Crippen LogP contribution in [-0.4, -0.2) is 23.4 Å². The molecule has 2 amide bonds. The Morgan fingerprint density at radius 2 is 1.81 bits per heavy atom. The molecule has 0 bridgehead atoms. The molecule has 0 aliphatic heterocycles. The Balaban J connectivity index is 1.72. The number of carbonyl (C=O) groups excluding carboxylic acids is 2. The molecular formula is C21H21N3O3. The van der Waals surface area contributed by atoms with Gasteiger partial charge in [0, 0.05) is 11.1 Å². The lowest BCUT2D eigenvalue weighted by Crippen LogP contribution is -2.15. The number of nitrogens with zero attached hydrogens (tertiary/aromatic N) is 1. The normalized spacial score (nSPS) is 10.6. The van der Waals surface area contributed by atoms with E-state index < -0.39 is 5.91 Å². The number of rotatable bonds is 6. The number of amides is 2. The summed E-state index contributed by atoms with van der Waals surface area (Å²) in [6.45, 7) is 4.05. The number of carbonyl (C=O) groups is 2. The van der Waals surface area contributed by atoms with Gasteiger partial charge in [0.25, 0.3) is 5.91 Å². The van der Waals surface area contributed by atoms with Gasteiger partial charge in [-0.15, -0.1) is 0 Å². The number of fused-ring (bicyclic) bond motifs is 1. The van der Waals surface area contributed by atoms with E-state index in [-0.39, 0.29) is 18.9 Å². The standard InChI is InChI=1S/C21H21N3O3/c1-13-3-8-19-15(11-13)12-18(14(2)23-19)21(26)24-16-4-6-17(7-5-16)27-10-9-20(22)25/h3-8,11-12H,9-10H2,1-2H3,(H2,22,25)(H,24,26). The second kappa shape index (κ2) is 7.86. The minimum atomic E-state index is -0.409. The summed E-state index contributed by atoms with van der Waals surface area (Å²) in [5.74, 6) is -0.0208. The molecule has 27 heavy (non-hydrogen) atoms. The summed E-state index contributed by atoms with van der Waals surface area (Å²) in [7, 11) is 0. The first-order valence-corrected chi connectivity index (χ1v) is 8.63. The molecular weight excluding hydrogens is 342 g/mol. The van der Waals surface area contributed by atoms with Gasteiger partial charge in [0.1, 0.15) is 5.75 Å². The first-order chi connectivity index (χ1) is 12.9. The summed E-state index contributed by atoms with van der Waals surface area (Å²) in [5.41, 5.74) is 8.92. The number of aromatic nitrogens is 1. The van der Waals surface area contributed by atoms with Gasteiger partial charge in [-0.25, -0.2) is 0 Å². The molecule has 1 aromatic heterocycles. The van der Waals surface area contributed by atoms with Crippen molar-refractivity contribution in [2.75, 3.05) is 11.9 Å². The number of hydrogen-bond acceptors (Lipinski definition) is 4. The fourth-order valence-electron chi connectivity index (χ4n) is 2.72. The minimum Gasteiger partial charge on any atom is -0.493 e. The maximum Gasteiger partial charge on any atom is 0.257 e. The van der Waals surface area contributed by atoms with Crippen LogP contribution in [-0.2, 0) is 4.79 Å². The summed E-state index contributed by atoms with van der Waals surface area (Å²) in [4.78, 5) is 27.9. The SMILES string of the molecule is Cc1ccc2nc(C)c(C(=O)Nc3ccc(OCCC(N)=O)cc3)cc2c1. The zero-order valence-corrected chi connectivity index (χ0v) is 15.3. The van der Waals surface area contributed by atoms with Crippen molar-refractivity contribution < 1.29 is 14.3 Å². The first kappa shape index (κ1) is 18.4. The van der Waals surface area contributed by atoms with Gasteiger partial charge in [-0.3, -0.25) is 14.6 Å². The Bertz CT molecular complexity index is 997. The van der Waals surface area contributed by atoms with E-state index in [2.05, 4.69) is 10.3 Å². The third kappa shape index (κ3) is 4.61. The summed E-state index contributed by atoms with van der Waals surface area (Å²) in [6.07, 6.45) is 0.159. The molecule has 0 aliphatic rings. The third-order valence-electron chi connectivity index (χ3n) is 4.13. The molecule has 0 radical (unpaired) electrons. The predicted octanol–water partition coefficient (Wildman–Crippen LogP) is 3.36. The van der Waals surface area contributed by atoms with E-state index in [0.29, 0.717) is 22.7 Å². The number of anilines is 1. The number of aryl methyl sites for hydroxylation is 2. The molecule has 6 heteroatoms. The largest absolute Gasteiger partial charge is 0.493 e. The van der Waals surface area contributed by atoms with Crippen LogP contribution in [0.2, 0.25) is 0 Å². The Kier molecular flexibility index (Phi) is 5.35. The Morgan fingerprint density at radius 1 is 1.07 bits per heavy atom. The summed E-state index contributed by atoms with van der Waals surface area (Å²) in [6, 6.07) is 14.8. The molecule has 0 atom stereocenters. The van der Waals surface area contributed by atoms with Crippen molar-refractivity contribution in [1.29, 1.82) is 0 Å². The molecule has 0 saturated heterocycles. The molecule has 0 saturated carbocycles. The number of ether oxygens (including phenoxy) is 1. The molecule has 0 spiro atoms. The number of benzene rings is 2. The highest BCUT2D eigenvalue weighted by atomic mass is 16.5. The van der Waals surface area contributed by atoms with Gasteiger partial charge in [0.2, 0.25) is 5.91 Å². The molecule has 3 rings (SSSR count). The smallest absolute Gasteiger partial charge is 0.257 e. The maximum absolute atomic E-state index is 12.7. The molecule has 3 aromatic rings. The minimum absolute atomic E-state index is 0.159. The average Bonchev–Trinajstić information content (AvgIpc) is 2.62. The van der Waals surface area contributed by atoms with Crippen LogP contribution in [0, 0.1) is 13.8 Å². The van der Waals surface area contributed by atoms with Crippen molar-refractivity contribution in [3.8, 4) is 5.75 Å². The molecule has 138 valence electrons. The molecule has 6 nitrogen and oxygen atoms in total. The van der Waals surface area contributed by atoms with Gasteiger partial charge in [-0.05, 0) is 56.3 Å². The second-order valence-corrected chi connectivity index (χ2v) is 6.36. The summed E-state index contributed by atoms with van der Waals surface area (Å²) < 4.78 is 5.42. The van der Waals surface area contributed by atoms with E-state index >= 15 is 0 Å². The van der Waals surface area contributed by atoms with E-state index in [1.54, 1.807) is 24.3 Å². The van der Waals surface area contributed by atoms with Gasteiger partial charge < -0.3 is 15.8 Å². The van der Waals surface area contributed by atoms with Crippen LogP contribution in [0.5, 0.6) is 5.75 Å². The molecule has 1 heterocycles. The fourth-order valence-corrected chi connectivity index (χ4v) is 2.72. The average molecular weight is 363 g/mol. The lowest BCUT2D eigenvalue weighted by atomic mass is 10.1. The Morgan fingerprint density at radius 3 is 2.52 bits per heavy atom. The summed E-state index contributed by atoms with van der Waals surface area (Å²) >= 11 is 0. The van der Waals surface area contributed by atoms with Gasteiger partial charge in [-0.2, -0.15) is 0 Å². The molecule has 0 unspecified atom stereocenters. The van der Waals surface area contributed by atoms with Crippen LogP contribution >= 0.6 is 0 Å². The third-order valence-corrected chi connectivity index (χ3v) is 4.13. The highest BCUT2D eigenvalue weighted by Crippen LogP contribution is 2.20. The number of nitrogens with two attached hydrogens (primary N) is 1. The highest BCUT2D eigenvalue weighted by Gasteiger charge is 2.12. The van der Waals surface area contributed by atoms with E-state index in [9.17, 15) is 9.59 Å². The number of nitrogens with one attached hydrogen (secondary N) is 1. The number of hydrogen-bond donors (Lipinski definition) is 2. The lowest BCUT2D eigenvalue weighted by molar-refractivity contribution is -0.118. The first-order valence-electron chi connectivity index (χ1n) is 8.63. The number of pyridine rings is 1. The Labute approximate surface area is 157 Å². The van der Waals surface area contributed by atoms with Crippen molar-refractivity contribution >= 4 is 28.4 Å². The van der Waals surface area contributed by atoms with Crippen LogP contribution < -0.4 is 15.8 Å². The van der Waals surface area contributed by atoms with Crippen LogP contribution in [0.4, 0.5) is 5.69 Å². The maximum atomic E-state index is 12.7. The van der Waals surface area contributed by atoms with Crippen molar-refractivity contribution in [1.82, 2.24) is 4.98 Å².